The third-order valence-corrected chi connectivity index (χ3v) is 11.3. The predicted octanol–water partition coefficient (Wildman–Crippen LogP) is 8.14. The number of sulfone groups is 2. The lowest BCUT2D eigenvalue weighted by atomic mass is 10.00. The lowest BCUT2D eigenvalue weighted by molar-refractivity contribution is 0.0599. The molecule has 10 heteroatoms. The lowest BCUT2D eigenvalue weighted by Gasteiger charge is -2.12. The van der Waals surface area contributed by atoms with Crippen LogP contribution in [0.2, 0.25) is 0 Å². The highest BCUT2D eigenvalue weighted by Gasteiger charge is 2.22. The molecular formula is C41H34O8S2. The highest BCUT2D eigenvalue weighted by Crippen LogP contribution is 2.28. The first-order chi connectivity index (χ1) is 24.5. The maximum absolute atomic E-state index is 12.8. The molecule has 6 aromatic rings. The number of carbonyl (C=O) groups excluding carboxylic acids is 1. The second-order valence-corrected chi connectivity index (χ2v) is 15.4. The summed E-state index contributed by atoms with van der Waals surface area (Å²) < 4.78 is 55.6. The zero-order valence-electron chi connectivity index (χ0n) is 27.5. The molecule has 1 N–H and O–H groups in total. The molecule has 0 bridgehead atoms. The van der Waals surface area contributed by atoms with Crippen molar-refractivity contribution in [3.63, 3.8) is 0 Å². The number of carboxylic acid groups (broad SMARTS) is 1. The van der Waals surface area contributed by atoms with Crippen LogP contribution in [0.4, 0.5) is 0 Å². The smallest absolute Gasteiger partial charge is 0.338 e. The molecule has 0 spiro atoms. The normalized spacial score (nSPS) is 11.2. The zero-order chi connectivity index (χ0) is 36.4. The lowest BCUT2D eigenvalue weighted by Crippen LogP contribution is -2.11. The Hall–Kier alpha value is -5.84. The number of benzene rings is 6. The van der Waals surface area contributed by atoms with E-state index in [1.807, 2.05) is 60.7 Å². The van der Waals surface area contributed by atoms with Crippen LogP contribution in [0.3, 0.4) is 0 Å². The van der Waals surface area contributed by atoms with Gasteiger partial charge in [0.1, 0.15) is 0 Å². The molecule has 0 amide bonds. The molecule has 51 heavy (non-hydrogen) atoms. The van der Waals surface area contributed by atoms with Crippen LogP contribution >= 0.6 is 0 Å². The van der Waals surface area contributed by atoms with Crippen LogP contribution in [-0.4, -0.2) is 41.0 Å². The van der Waals surface area contributed by atoms with Crippen LogP contribution in [0.5, 0.6) is 0 Å². The average molecular weight is 719 g/mol. The second kappa shape index (κ2) is 16.2. The summed E-state index contributed by atoms with van der Waals surface area (Å²) >= 11 is 0. The van der Waals surface area contributed by atoms with E-state index in [1.54, 1.807) is 78.9 Å². The predicted molar refractivity (Wildman–Crippen MR) is 197 cm³/mol. The van der Waals surface area contributed by atoms with E-state index >= 15 is 0 Å². The van der Waals surface area contributed by atoms with Gasteiger partial charge in [-0.25, -0.2) is 26.4 Å². The third kappa shape index (κ3) is 9.24. The topological polar surface area (TPSA) is 132 Å². The van der Waals surface area contributed by atoms with Crippen molar-refractivity contribution < 1.29 is 36.3 Å². The van der Waals surface area contributed by atoms with Gasteiger partial charge in [0.25, 0.3) is 0 Å². The largest absolute Gasteiger partial charge is 0.478 e. The van der Waals surface area contributed by atoms with Crippen molar-refractivity contribution in [2.45, 2.75) is 21.3 Å². The van der Waals surface area contributed by atoms with Gasteiger partial charge >= 0.3 is 11.9 Å². The molecule has 0 heterocycles. The Morgan fingerprint density at radius 1 is 0.490 bits per heavy atom. The quantitative estimate of drug-likeness (QED) is 0.141. The number of hydrogen-bond donors (Lipinski definition) is 1. The maximum Gasteiger partial charge on any atom is 0.338 e. The fourth-order valence-electron chi connectivity index (χ4n) is 5.40. The van der Waals surface area contributed by atoms with Crippen LogP contribution in [0.25, 0.3) is 22.3 Å². The molecule has 6 rings (SSSR count). The van der Waals surface area contributed by atoms with Gasteiger partial charge < -0.3 is 9.84 Å². The van der Waals surface area contributed by atoms with E-state index in [2.05, 4.69) is 0 Å². The van der Waals surface area contributed by atoms with E-state index in [0.29, 0.717) is 5.56 Å². The summed E-state index contributed by atoms with van der Waals surface area (Å²) in [6.07, 6.45) is 0. The molecule has 0 saturated heterocycles. The van der Waals surface area contributed by atoms with Gasteiger partial charge in [-0.2, -0.15) is 0 Å². The number of methoxy groups -OCH3 is 1. The molecule has 8 nitrogen and oxygen atoms in total. The molecule has 0 fully saturated rings. The fourth-order valence-corrected chi connectivity index (χ4v) is 8.17. The van der Waals surface area contributed by atoms with Gasteiger partial charge in [0, 0.05) is 0 Å². The van der Waals surface area contributed by atoms with Crippen LogP contribution in [0.1, 0.15) is 31.8 Å². The Bertz CT molecular complexity index is 2340. The highest BCUT2D eigenvalue weighted by atomic mass is 32.2. The first-order valence-electron chi connectivity index (χ1n) is 15.7. The monoisotopic (exact) mass is 718 g/mol. The van der Waals surface area contributed by atoms with Crippen molar-refractivity contribution in [2.24, 2.45) is 0 Å². The summed E-state index contributed by atoms with van der Waals surface area (Å²) in [4.78, 5) is 24.0. The van der Waals surface area contributed by atoms with Crippen molar-refractivity contribution in [3.8, 4) is 22.3 Å². The summed E-state index contributed by atoms with van der Waals surface area (Å²) in [6, 6.07) is 45.2. The second-order valence-electron chi connectivity index (χ2n) is 11.4. The summed E-state index contributed by atoms with van der Waals surface area (Å²) in [5.41, 5.74) is 4.42. The maximum atomic E-state index is 12.8. The SMILES string of the molecule is COC(=O)c1ccc(-c2ccccc2)cc1CS(=O)(=O)c1ccccc1.O=C(O)c1ccc(-c2ccccc2)cc1CS(=O)(=O)c1ccccc1. The van der Waals surface area contributed by atoms with E-state index in [1.165, 1.54) is 25.3 Å². The van der Waals surface area contributed by atoms with Crippen LogP contribution in [-0.2, 0) is 35.9 Å². The van der Waals surface area contributed by atoms with E-state index in [4.69, 9.17) is 4.74 Å². The van der Waals surface area contributed by atoms with Gasteiger partial charge in [0.05, 0.1) is 39.5 Å². The van der Waals surface area contributed by atoms with Crippen molar-refractivity contribution in [1.82, 2.24) is 0 Å². The number of hydrogen-bond acceptors (Lipinski definition) is 7. The number of rotatable bonds is 10. The van der Waals surface area contributed by atoms with Gasteiger partial charge in [-0.15, -0.1) is 0 Å². The standard InChI is InChI=1S/C21H18O4S.C20H16O4S/c1-25-21(22)20-13-12-17(16-8-4-2-5-9-16)14-18(20)15-26(23,24)19-10-6-3-7-11-19;21-20(22)19-12-11-16(15-7-3-1-4-8-15)13-17(19)14-25(23,24)18-9-5-2-6-10-18/h2-14H,15H2,1H3;1-13H,14H2,(H,21,22). The third-order valence-electron chi connectivity index (χ3n) is 7.96. The number of carboxylic acids is 1. The van der Waals surface area contributed by atoms with Crippen molar-refractivity contribution in [1.29, 1.82) is 0 Å². The van der Waals surface area contributed by atoms with Gasteiger partial charge in [-0.1, -0.05) is 109 Å². The van der Waals surface area contributed by atoms with Gasteiger partial charge in [0.2, 0.25) is 0 Å². The van der Waals surface area contributed by atoms with E-state index < -0.39 is 31.6 Å². The summed E-state index contributed by atoms with van der Waals surface area (Å²) in [5, 5.41) is 9.40. The minimum absolute atomic E-state index is 0.000753. The molecule has 6 aromatic carbocycles. The molecular weight excluding hydrogens is 685 g/mol. The van der Waals surface area contributed by atoms with Crippen LogP contribution in [0, 0.1) is 0 Å². The first kappa shape index (κ1) is 36.4. The minimum Gasteiger partial charge on any atom is -0.478 e. The Morgan fingerprint density at radius 3 is 1.22 bits per heavy atom. The zero-order valence-corrected chi connectivity index (χ0v) is 29.2. The van der Waals surface area contributed by atoms with Crippen LogP contribution < -0.4 is 0 Å². The molecule has 0 unspecified atom stereocenters. The summed E-state index contributed by atoms with van der Waals surface area (Å²) in [7, 11) is -5.94. The molecule has 0 aromatic heterocycles. The molecule has 258 valence electrons. The number of esters is 1. The van der Waals surface area contributed by atoms with E-state index in [9.17, 15) is 31.5 Å². The van der Waals surface area contributed by atoms with Crippen molar-refractivity contribution in [3.05, 3.63) is 180 Å². The summed E-state index contributed by atoms with van der Waals surface area (Å²) in [6.45, 7) is 0. The van der Waals surface area contributed by atoms with Gasteiger partial charge in [-0.3, -0.25) is 0 Å². The molecule has 0 saturated carbocycles. The Balaban J connectivity index is 0.000000198. The molecule has 0 aliphatic heterocycles. The Kier molecular flexibility index (Phi) is 11.6. The van der Waals surface area contributed by atoms with Gasteiger partial charge in [0.15, 0.2) is 19.7 Å². The Morgan fingerprint density at radius 2 is 0.843 bits per heavy atom. The molecule has 0 atom stereocenters. The molecule has 0 radical (unpaired) electrons. The first-order valence-corrected chi connectivity index (χ1v) is 19.0. The summed E-state index contributed by atoms with van der Waals surface area (Å²) in [5.74, 6) is -2.33. The van der Waals surface area contributed by atoms with Crippen molar-refractivity contribution in [2.75, 3.05) is 7.11 Å². The minimum atomic E-state index is -3.63. The number of aromatic carboxylic acids is 1. The number of carbonyl (C=O) groups is 2. The van der Waals surface area contributed by atoms with Crippen molar-refractivity contribution >= 4 is 31.6 Å². The number of ether oxygens (including phenoxy) is 1. The average Bonchev–Trinajstić information content (AvgIpc) is 3.16. The molecule has 0 aliphatic carbocycles. The van der Waals surface area contributed by atoms with Gasteiger partial charge in [-0.05, 0) is 81.9 Å². The highest BCUT2D eigenvalue weighted by molar-refractivity contribution is 7.91. The van der Waals surface area contributed by atoms with Crippen LogP contribution in [0.15, 0.2) is 168 Å². The van der Waals surface area contributed by atoms with E-state index in [0.717, 1.165) is 22.3 Å². The molecule has 0 aliphatic rings. The Labute approximate surface area is 297 Å². The fraction of sp³-hybridized carbons (Fsp3) is 0.0732. The van der Waals surface area contributed by atoms with E-state index in [-0.39, 0.29) is 38.0 Å².